The number of nitrogens with zero attached hydrogens (tertiary/aromatic N) is 2. The molecular formula is C30H26N4O10S4. The predicted molar refractivity (Wildman–Crippen MR) is 179 cm³/mol. The van der Waals surface area contributed by atoms with Crippen LogP contribution in [0.5, 0.6) is 23.0 Å². The Balaban J connectivity index is 0.954. The molecule has 0 amide bonds. The van der Waals surface area contributed by atoms with Gasteiger partial charge in [-0.15, -0.1) is 0 Å². The van der Waals surface area contributed by atoms with Crippen molar-refractivity contribution in [3.63, 3.8) is 0 Å². The molecule has 0 unspecified atom stereocenters. The van der Waals surface area contributed by atoms with Crippen LogP contribution >= 0.6 is 21.6 Å². The van der Waals surface area contributed by atoms with E-state index in [0.717, 1.165) is 0 Å². The van der Waals surface area contributed by atoms with Crippen molar-refractivity contribution < 1.29 is 45.4 Å². The summed E-state index contributed by atoms with van der Waals surface area (Å²) in [6, 6.07) is 14.3. The number of carbonyl (C=O) groups excluding carboxylic acids is 2. The molecule has 250 valence electrons. The van der Waals surface area contributed by atoms with E-state index in [2.05, 4.69) is 19.4 Å². The number of rotatable bonds is 13. The monoisotopic (exact) mass is 730 g/mol. The van der Waals surface area contributed by atoms with Gasteiger partial charge in [0.2, 0.25) is 0 Å². The molecule has 0 atom stereocenters. The number of hydrogen-bond donors (Lipinski definition) is 2. The molecule has 0 aliphatic carbocycles. The third-order valence-electron chi connectivity index (χ3n) is 6.76. The zero-order valence-corrected chi connectivity index (χ0v) is 28.0. The van der Waals surface area contributed by atoms with Gasteiger partial charge in [-0.3, -0.25) is 19.0 Å². The van der Waals surface area contributed by atoms with Crippen molar-refractivity contribution in [1.82, 2.24) is 9.97 Å². The molecule has 4 aromatic rings. The van der Waals surface area contributed by atoms with Crippen molar-refractivity contribution in [3.05, 3.63) is 84.2 Å². The highest BCUT2D eigenvalue weighted by molar-refractivity contribution is 8.77. The van der Waals surface area contributed by atoms with Gasteiger partial charge in [-0.25, -0.2) is 26.8 Å². The molecule has 4 heterocycles. The Kier molecular flexibility index (Phi) is 9.95. The van der Waals surface area contributed by atoms with E-state index >= 15 is 0 Å². The number of Topliss-reactive ketones (excluding diaryl/α,β-unsaturated/α-hetero) is 2. The topological polar surface area (TPSA) is 189 Å². The normalized spacial score (nSPS) is 13.8. The van der Waals surface area contributed by atoms with Gasteiger partial charge in [-0.2, -0.15) is 0 Å². The van der Waals surface area contributed by atoms with Crippen LogP contribution in [0.25, 0.3) is 0 Å². The highest BCUT2D eigenvalue weighted by Crippen LogP contribution is 2.34. The first-order valence-corrected chi connectivity index (χ1v) is 19.6. The summed E-state index contributed by atoms with van der Waals surface area (Å²) in [5, 5.41) is 0. The van der Waals surface area contributed by atoms with Crippen LogP contribution < -0.4 is 28.4 Å². The van der Waals surface area contributed by atoms with E-state index in [1.807, 2.05) is 0 Å². The fourth-order valence-electron chi connectivity index (χ4n) is 4.37. The lowest BCUT2D eigenvalue weighted by Gasteiger charge is -2.19. The van der Waals surface area contributed by atoms with Crippen LogP contribution in [0.4, 0.5) is 11.6 Å². The minimum Gasteiger partial charge on any atom is -0.486 e. The maximum atomic E-state index is 12.8. The molecule has 0 radical (unpaired) electrons. The van der Waals surface area contributed by atoms with Crippen LogP contribution in [0.1, 0.15) is 20.7 Å². The first kappa shape index (κ1) is 33.4. The lowest BCUT2D eigenvalue weighted by molar-refractivity contribution is 0.101. The molecule has 0 bridgehead atoms. The summed E-state index contributed by atoms with van der Waals surface area (Å²) >= 11 is 0. The van der Waals surface area contributed by atoms with Crippen molar-refractivity contribution in [2.75, 3.05) is 47.4 Å². The second kappa shape index (κ2) is 14.3. The first-order valence-electron chi connectivity index (χ1n) is 14.2. The fourth-order valence-corrected chi connectivity index (χ4v) is 8.27. The van der Waals surface area contributed by atoms with Gasteiger partial charge in [-0.05, 0) is 48.5 Å². The molecule has 0 fully saturated rings. The van der Waals surface area contributed by atoms with Crippen LogP contribution in [0.3, 0.4) is 0 Å². The van der Waals surface area contributed by atoms with Crippen molar-refractivity contribution in [2.45, 2.75) is 9.79 Å². The number of fused-ring (bicyclic) bond motifs is 2. The molecule has 2 aliphatic rings. The van der Waals surface area contributed by atoms with Crippen molar-refractivity contribution in [1.29, 1.82) is 0 Å². The molecule has 0 spiro atoms. The average Bonchev–Trinajstić information content (AvgIpc) is 3.09. The van der Waals surface area contributed by atoms with E-state index in [4.69, 9.17) is 18.9 Å². The zero-order chi connectivity index (χ0) is 33.7. The van der Waals surface area contributed by atoms with E-state index in [9.17, 15) is 26.4 Å². The minimum absolute atomic E-state index is 0.0269. The van der Waals surface area contributed by atoms with Crippen LogP contribution in [0.15, 0.2) is 82.8 Å². The maximum absolute atomic E-state index is 12.8. The summed E-state index contributed by atoms with van der Waals surface area (Å²) in [7, 11) is -5.59. The Morgan fingerprint density at radius 2 is 0.979 bits per heavy atom. The lowest BCUT2D eigenvalue weighted by atomic mass is 10.2. The molecule has 2 aromatic carbocycles. The van der Waals surface area contributed by atoms with E-state index in [-0.39, 0.29) is 55.6 Å². The molecule has 14 nitrogen and oxygen atoms in total. The largest absolute Gasteiger partial charge is 0.486 e. The van der Waals surface area contributed by atoms with Gasteiger partial charge < -0.3 is 18.9 Å². The number of ketones is 2. The van der Waals surface area contributed by atoms with Crippen molar-refractivity contribution in [2.24, 2.45) is 0 Å². The molecule has 2 aromatic heterocycles. The standard InChI is InChI=1S/C30H26N4O10S4/c35-23(19-1-7-29(31-15-19)33-47(37,38)21-3-5-25-27(13-21)43-11-9-41-25)17-45-46-18-24(36)20-2-8-30(32-16-20)34-48(39,40)22-4-6-26-28(14-22)44-12-10-42-26/h1-8,13-16H,9-12,17-18H2,(H,31,33)(H,32,34). The molecule has 2 N–H and O–H groups in total. The Bertz CT molecular complexity index is 1910. The Hall–Kier alpha value is -4.52. The number of nitrogens with one attached hydrogen (secondary N) is 2. The Labute approximate surface area is 283 Å². The second-order valence-electron chi connectivity index (χ2n) is 10.1. The highest BCUT2D eigenvalue weighted by atomic mass is 33.1. The van der Waals surface area contributed by atoms with Crippen LogP contribution in [-0.2, 0) is 20.0 Å². The summed E-state index contributed by atoms with van der Waals surface area (Å²) in [5.41, 5.74) is 0.547. The van der Waals surface area contributed by atoms with E-state index in [1.165, 1.54) is 94.6 Å². The van der Waals surface area contributed by atoms with E-state index < -0.39 is 20.0 Å². The SMILES string of the molecule is O=C(CSSCC(=O)c1ccc(NS(=O)(=O)c2ccc3c(c2)OCCO3)nc1)c1ccc(NS(=O)(=O)c2ccc3c(c2)OCCO3)nc1. The van der Waals surface area contributed by atoms with Gasteiger partial charge in [0.25, 0.3) is 20.0 Å². The number of carbonyl (C=O) groups is 2. The summed E-state index contributed by atoms with van der Waals surface area (Å²) in [4.78, 5) is 33.3. The zero-order valence-electron chi connectivity index (χ0n) is 24.8. The lowest BCUT2D eigenvalue weighted by Crippen LogP contribution is -2.17. The van der Waals surface area contributed by atoms with Gasteiger partial charge in [0.15, 0.2) is 34.6 Å². The molecular weight excluding hydrogens is 705 g/mol. The second-order valence-corrected chi connectivity index (χ2v) is 15.9. The number of pyridine rings is 2. The number of anilines is 2. The third-order valence-corrected chi connectivity index (χ3v) is 11.6. The predicted octanol–water partition coefficient (Wildman–Crippen LogP) is 4.07. The number of sulfonamides is 2. The third kappa shape index (κ3) is 7.95. The van der Waals surface area contributed by atoms with Gasteiger partial charge in [0.05, 0.1) is 21.3 Å². The van der Waals surface area contributed by atoms with Gasteiger partial charge in [0.1, 0.15) is 38.1 Å². The summed E-state index contributed by atoms with van der Waals surface area (Å²) in [6.45, 7) is 1.40. The summed E-state index contributed by atoms with van der Waals surface area (Å²) in [6.07, 6.45) is 2.55. The van der Waals surface area contributed by atoms with E-state index in [1.54, 1.807) is 0 Å². The van der Waals surface area contributed by atoms with Crippen molar-refractivity contribution in [3.8, 4) is 23.0 Å². The molecule has 0 saturated heterocycles. The molecule has 6 rings (SSSR count). The minimum atomic E-state index is -3.97. The van der Waals surface area contributed by atoms with Crippen molar-refractivity contribution >= 4 is 64.8 Å². The number of benzene rings is 2. The number of aromatic nitrogens is 2. The smallest absolute Gasteiger partial charge is 0.263 e. The molecule has 48 heavy (non-hydrogen) atoms. The Morgan fingerprint density at radius 1 is 0.583 bits per heavy atom. The highest BCUT2D eigenvalue weighted by Gasteiger charge is 2.22. The van der Waals surface area contributed by atoms with Gasteiger partial charge in [-0.1, -0.05) is 21.6 Å². The van der Waals surface area contributed by atoms with Crippen LogP contribution in [-0.4, -0.2) is 76.3 Å². The Morgan fingerprint density at radius 3 is 1.35 bits per heavy atom. The molecule has 2 aliphatic heterocycles. The summed E-state index contributed by atoms with van der Waals surface area (Å²) in [5.74, 6) is 1.22. The average molecular weight is 731 g/mol. The van der Waals surface area contributed by atoms with E-state index in [0.29, 0.717) is 49.4 Å². The number of ether oxygens (including phenoxy) is 4. The molecule has 18 heteroatoms. The maximum Gasteiger partial charge on any atom is 0.263 e. The van der Waals surface area contributed by atoms with Gasteiger partial charge in [0, 0.05) is 35.7 Å². The first-order chi connectivity index (χ1) is 23.1. The van der Waals surface area contributed by atoms with Crippen LogP contribution in [0, 0.1) is 0 Å². The van der Waals surface area contributed by atoms with Crippen LogP contribution in [0.2, 0.25) is 0 Å². The quantitative estimate of drug-likeness (QED) is 0.114. The number of hydrogen-bond acceptors (Lipinski definition) is 14. The summed E-state index contributed by atoms with van der Waals surface area (Å²) < 4.78 is 77.8. The fraction of sp³-hybridized carbons (Fsp3) is 0.200. The molecule has 0 saturated carbocycles. The van der Waals surface area contributed by atoms with Gasteiger partial charge >= 0.3 is 0 Å².